The molecule has 0 aliphatic carbocycles. The molecule has 2 rings (SSSR count). The van der Waals surface area contributed by atoms with E-state index in [4.69, 9.17) is 5.73 Å². The molecule has 0 aliphatic rings. The first-order chi connectivity index (χ1) is 9.08. The third-order valence-corrected chi connectivity index (χ3v) is 3.44. The first-order valence-electron chi connectivity index (χ1n) is 5.74. The second-order valence-corrected chi connectivity index (χ2v) is 4.84. The summed E-state index contributed by atoms with van der Waals surface area (Å²) in [5.41, 5.74) is 6.79. The highest BCUT2D eigenvalue weighted by Crippen LogP contribution is 2.23. The van der Waals surface area contributed by atoms with Gasteiger partial charge in [0.05, 0.1) is 10.0 Å². The van der Waals surface area contributed by atoms with E-state index in [0.717, 1.165) is 0 Å². The fraction of sp³-hybridized carbons (Fsp3) is 0.250. The van der Waals surface area contributed by atoms with Crippen LogP contribution >= 0.6 is 15.9 Å². The lowest BCUT2D eigenvalue weighted by molar-refractivity contribution is 0.0953. The molecule has 3 N–H and O–H groups in total. The highest BCUT2D eigenvalue weighted by Gasteiger charge is 2.11. The summed E-state index contributed by atoms with van der Waals surface area (Å²) in [4.78, 5) is 16.1. The average Bonchev–Trinajstić information content (AvgIpc) is 2.78. The molecule has 0 saturated heterocycles. The molecule has 0 spiro atoms. The van der Waals surface area contributed by atoms with Crippen molar-refractivity contribution >= 4 is 27.5 Å². The number of nitrogens with zero attached hydrogens (tertiary/aromatic N) is 3. The number of amides is 1. The minimum Gasteiger partial charge on any atom is -0.398 e. The van der Waals surface area contributed by atoms with E-state index in [1.165, 1.54) is 0 Å². The van der Waals surface area contributed by atoms with Crippen LogP contribution < -0.4 is 11.1 Å². The summed E-state index contributed by atoms with van der Waals surface area (Å²) < 4.78 is 2.24. The fourth-order valence-corrected chi connectivity index (χ4v) is 2.05. The number of rotatable bonds is 4. The Hall–Kier alpha value is -1.89. The van der Waals surface area contributed by atoms with Gasteiger partial charge < -0.3 is 11.1 Å². The number of nitrogens with one attached hydrogen (secondary N) is 1. The summed E-state index contributed by atoms with van der Waals surface area (Å²) in [5.74, 6) is 0.532. The molecule has 7 heteroatoms. The maximum atomic E-state index is 12.0. The molecule has 2 aromatic rings. The standard InChI is InChI=1S/C12H14BrN5O/c1-18-7-16-10(17-18)5-6-15-12(19)8-3-2-4-9(14)11(8)13/h2-4,7H,5-6,14H2,1H3,(H,15,19). The Balaban J connectivity index is 1.93. The van der Waals surface area contributed by atoms with Crippen LogP contribution in [0.1, 0.15) is 16.2 Å². The number of anilines is 1. The van der Waals surface area contributed by atoms with Crippen LogP contribution in [0.3, 0.4) is 0 Å². The molecule has 1 aromatic carbocycles. The molecule has 1 aromatic heterocycles. The van der Waals surface area contributed by atoms with Crippen LogP contribution in [-0.4, -0.2) is 27.2 Å². The zero-order chi connectivity index (χ0) is 13.8. The number of carbonyl (C=O) groups excluding carboxylic acids is 1. The van der Waals surface area contributed by atoms with Gasteiger partial charge in [0.25, 0.3) is 5.91 Å². The summed E-state index contributed by atoms with van der Waals surface area (Å²) in [5, 5.41) is 6.95. The molecule has 0 unspecified atom stereocenters. The van der Waals surface area contributed by atoms with E-state index < -0.39 is 0 Å². The van der Waals surface area contributed by atoms with Crippen molar-refractivity contribution in [1.82, 2.24) is 20.1 Å². The largest absolute Gasteiger partial charge is 0.398 e. The summed E-state index contributed by atoms with van der Waals surface area (Å²) in [7, 11) is 1.80. The van der Waals surface area contributed by atoms with Crippen molar-refractivity contribution in [3.05, 3.63) is 40.4 Å². The number of hydrogen-bond donors (Lipinski definition) is 2. The van der Waals surface area contributed by atoms with Crippen LogP contribution in [0.2, 0.25) is 0 Å². The van der Waals surface area contributed by atoms with E-state index in [1.54, 1.807) is 36.3 Å². The molecule has 0 radical (unpaired) electrons. The van der Waals surface area contributed by atoms with Crippen LogP contribution in [0.5, 0.6) is 0 Å². The van der Waals surface area contributed by atoms with Crippen LogP contribution in [-0.2, 0) is 13.5 Å². The minimum absolute atomic E-state index is 0.171. The summed E-state index contributed by atoms with van der Waals surface area (Å²) in [6.45, 7) is 0.476. The molecule has 0 saturated carbocycles. The zero-order valence-corrected chi connectivity index (χ0v) is 12.0. The first-order valence-corrected chi connectivity index (χ1v) is 6.54. The Labute approximate surface area is 119 Å². The molecule has 1 heterocycles. The van der Waals surface area contributed by atoms with Gasteiger partial charge in [0, 0.05) is 25.7 Å². The van der Waals surface area contributed by atoms with E-state index in [9.17, 15) is 4.79 Å². The van der Waals surface area contributed by atoms with Crippen molar-refractivity contribution in [3.8, 4) is 0 Å². The van der Waals surface area contributed by atoms with E-state index in [0.29, 0.717) is 34.5 Å². The molecule has 19 heavy (non-hydrogen) atoms. The molecule has 0 aliphatic heterocycles. The summed E-state index contributed by atoms with van der Waals surface area (Å²) in [6, 6.07) is 5.20. The van der Waals surface area contributed by atoms with Gasteiger partial charge in [-0.25, -0.2) is 4.98 Å². The Kier molecular flexibility index (Phi) is 4.16. The predicted octanol–water partition coefficient (Wildman–Crippen LogP) is 1.13. The maximum absolute atomic E-state index is 12.0. The van der Waals surface area contributed by atoms with Gasteiger partial charge in [0.2, 0.25) is 0 Å². The fourth-order valence-electron chi connectivity index (χ4n) is 1.61. The maximum Gasteiger partial charge on any atom is 0.252 e. The number of hydrogen-bond acceptors (Lipinski definition) is 4. The second kappa shape index (κ2) is 5.83. The van der Waals surface area contributed by atoms with Crippen molar-refractivity contribution in [2.45, 2.75) is 6.42 Å². The Morgan fingerprint density at radius 1 is 1.53 bits per heavy atom. The number of nitrogen functional groups attached to an aromatic ring is 1. The van der Waals surface area contributed by atoms with E-state index in [-0.39, 0.29) is 5.91 Å². The monoisotopic (exact) mass is 323 g/mol. The van der Waals surface area contributed by atoms with Gasteiger partial charge in [-0.1, -0.05) is 6.07 Å². The Morgan fingerprint density at radius 2 is 2.32 bits per heavy atom. The molecule has 1 amide bonds. The van der Waals surface area contributed by atoms with Gasteiger partial charge in [-0.15, -0.1) is 0 Å². The van der Waals surface area contributed by atoms with Crippen molar-refractivity contribution in [3.63, 3.8) is 0 Å². The normalized spacial score (nSPS) is 10.4. The molecule has 0 atom stereocenters. The molecule has 0 fully saturated rings. The third kappa shape index (κ3) is 3.31. The lowest BCUT2D eigenvalue weighted by Crippen LogP contribution is -2.26. The van der Waals surface area contributed by atoms with Crippen LogP contribution in [0.25, 0.3) is 0 Å². The Bertz CT molecular complexity index is 596. The quantitative estimate of drug-likeness (QED) is 0.826. The van der Waals surface area contributed by atoms with Gasteiger partial charge in [0.15, 0.2) is 5.82 Å². The number of benzene rings is 1. The van der Waals surface area contributed by atoms with Crippen LogP contribution in [0.15, 0.2) is 29.0 Å². The molecule has 100 valence electrons. The number of carbonyl (C=O) groups is 1. The summed E-state index contributed by atoms with van der Waals surface area (Å²) >= 11 is 3.31. The van der Waals surface area contributed by atoms with Crippen LogP contribution in [0, 0.1) is 0 Å². The average molecular weight is 324 g/mol. The van der Waals surface area contributed by atoms with Crippen molar-refractivity contribution in [2.24, 2.45) is 7.05 Å². The summed E-state index contributed by atoms with van der Waals surface area (Å²) in [6.07, 6.45) is 2.22. The third-order valence-electron chi connectivity index (χ3n) is 2.55. The van der Waals surface area contributed by atoms with Gasteiger partial charge in [-0.2, -0.15) is 5.10 Å². The van der Waals surface area contributed by atoms with Crippen molar-refractivity contribution < 1.29 is 4.79 Å². The molecule has 0 bridgehead atoms. The van der Waals surface area contributed by atoms with E-state index in [1.807, 2.05) is 0 Å². The first kappa shape index (κ1) is 13.5. The number of halogens is 1. The minimum atomic E-state index is -0.171. The smallest absolute Gasteiger partial charge is 0.252 e. The van der Waals surface area contributed by atoms with Gasteiger partial charge in [-0.3, -0.25) is 9.48 Å². The second-order valence-electron chi connectivity index (χ2n) is 4.05. The topological polar surface area (TPSA) is 85.8 Å². The molecular weight excluding hydrogens is 310 g/mol. The van der Waals surface area contributed by atoms with Crippen molar-refractivity contribution in [1.29, 1.82) is 0 Å². The highest BCUT2D eigenvalue weighted by molar-refractivity contribution is 9.10. The number of aromatic nitrogens is 3. The Morgan fingerprint density at radius 3 is 3.00 bits per heavy atom. The van der Waals surface area contributed by atoms with Gasteiger partial charge in [0.1, 0.15) is 6.33 Å². The molecule has 6 nitrogen and oxygen atoms in total. The predicted molar refractivity (Wildman–Crippen MR) is 75.6 cm³/mol. The van der Waals surface area contributed by atoms with E-state index in [2.05, 4.69) is 31.3 Å². The highest BCUT2D eigenvalue weighted by atomic mass is 79.9. The van der Waals surface area contributed by atoms with E-state index >= 15 is 0 Å². The lowest BCUT2D eigenvalue weighted by atomic mass is 10.2. The van der Waals surface area contributed by atoms with Gasteiger partial charge >= 0.3 is 0 Å². The SMILES string of the molecule is Cn1cnc(CCNC(=O)c2cccc(N)c2Br)n1. The zero-order valence-electron chi connectivity index (χ0n) is 10.4. The van der Waals surface area contributed by atoms with Crippen molar-refractivity contribution in [2.75, 3.05) is 12.3 Å². The molecular formula is C12H14BrN5O. The van der Waals surface area contributed by atoms with Crippen LogP contribution in [0.4, 0.5) is 5.69 Å². The lowest BCUT2D eigenvalue weighted by Gasteiger charge is -2.07. The number of aryl methyl sites for hydroxylation is 1. The van der Waals surface area contributed by atoms with Gasteiger partial charge in [-0.05, 0) is 28.1 Å². The number of nitrogens with two attached hydrogens (primary N) is 1.